The molecule has 1 aliphatic heterocycles. The van der Waals surface area contributed by atoms with Crippen LogP contribution in [-0.2, 0) is 4.79 Å². The van der Waals surface area contributed by atoms with Crippen LogP contribution in [-0.4, -0.2) is 33.4 Å². The molecule has 0 bridgehead atoms. The summed E-state index contributed by atoms with van der Waals surface area (Å²) in [6.45, 7) is 3.09. The van der Waals surface area contributed by atoms with Gasteiger partial charge >= 0.3 is 0 Å². The maximum Gasteiger partial charge on any atom is 0.261 e. The van der Waals surface area contributed by atoms with Crippen LogP contribution in [0.25, 0.3) is 17.0 Å². The summed E-state index contributed by atoms with van der Waals surface area (Å²) in [4.78, 5) is 32.1. The van der Waals surface area contributed by atoms with Crippen LogP contribution in [0.2, 0.25) is 0 Å². The summed E-state index contributed by atoms with van der Waals surface area (Å²) in [5.74, 6) is 0.0235. The minimum atomic E-state index is -0.0492. The molecular formula is C23H23N3O2. The Morgan fingerprint density at radius 3 is 2.68 bits per heavy atom. The van der Waals surface area contributed by atoms with Gasteiger partial charge in [0.1, 0.15) is 0 Å². The van der Waals surface area contributed by atoms with E-state index in [4.69, 9.17) is 0 Å². The number of carbonyl (C=O) groups is 1. The molecule has 2 aromatic carbocycles. The maximum absolute atomic E-state index is 12.9. The normalized spacial score (nSPS) is 17.7. The molecular weight excluding hydrogens is 350 g/mol. The monoisotopic (exact) mass is 373 g/mol. The van der Waals surface area contributed by atoms with E-state index >= 15 is 0 Å². The molecule has 1 saturated heterocycles. The van der Waals surface area contributed by atoms with Crippen molar-refractivity contribution in [3.05, 3.63) is 82.4 Å². The van der Waals surface area contributed by atoms with E-state index in [1.54, 1.807) is 17.0 Å². The topological polar surface area (TPSA) is 55.2 Å². The highest BCUT2D eigenvalue weighted by atomic mass is 16.2. The van der Waals surface area contributed by atoms with E-state index in [0.717, 1.165) is 18.4 Å². The molecule has 1 fully saturated rings. The number of amides is 1. The number of piperidine rings is 1. The van der Waals surface area contributed by atoms with Crippen LogP contribution in [0.1, 0.15) is 31.4 Å². The van der Waals surface area contributed by atoms with Crippen LogP contribution in [0.15, 0.2) is 71.3 Å². The highest BCUT2D eigenvalue weighted by Crippen LogP contribution is 2.22. The Hall–Kier alpha value is -3.21. The minimum Gasteiger partial charge on any atom is -0.337 e. The van der Waals surface area contributed by atoms with Gasteiger partial charge in [-0.3, -0.25) is 14.2 Å². The largest absolute Gasteiger partial charge is 0.337 e. The molecule has 1 aliphatic rings. The van der Waals surface area contributed by atoms with Crippen molar-refractivity contribution in [2.45, 2.75) is 25.8 Å². The summed E-state index contributed by atoms with van der Waals surface area (Å²) in [5, 5.41) is 0.619. The Labute approximate surface area is 163 Å². The predicted molar refractivity (Wildman–Crippen MR) is 111 cm³/mol. The first kappa shape index (κ1) is 18.2. The molecule has 4 rings (SSSR count). The van der Waals surface area contributed by atoms with Crippen LogP contribution >= 0.6 is 0 Å². The van der Waals surface area contributed by atoms with Crippen molar-refractivity contribution >= 4 is 22.9 Å². The minimum absolute atomic E-state index is 0.0235. The Morgan fingerprint density at radius 2 is 1.86 bits per heavy atom. The average Bonchev–Trinajstić information content (AvgIpc) is 2.74. The number of aromatic nitrogens is 2. The lowest BCUT2D eigenvalue weighted by Crippen LogP contribution is -2.43. The molecule has 28 heavy (non-hydrogen) atoms. The van der Waals surface area contributed by atoms with Gasteiger partial charge in [0, 0.05) is 18.7 Å². The van der Waals surface area contributed by atoms with Gasteiger partial charge < -0.3 is 4.90 Å². The molecule has 1 atom stereocenters. The van der Waals surface area contributed by atoms with Gasteiger partial charge in [-0.25, -0.2) is 4.98 Å². The van der Waals surface area contributed by atoms with Gasteiger partial charge in [0.15, 0.2) is 0 Å². The summed E-state index contributed by atoms with van der Waals surface area (Å²) in [7, 11) is 0. The van der Waals surface area contributed by atoms with E-state index in [9.17, 15) is 9.59 Å². The molecule has 1 aromatic heterocycles. The molecule has 0 unspecified atom stereocenters. The van der Waals surface area contributed by atoms with Crippen molar-refractivity contribution in [3.63, 3.8) is 0 Å². The average molecular weight is 373 g/mol. The number of benzene rings is 2. The number of rotatable bonds is 3. The second-order valence-electron chi connectivity index (χ2n) is 7.26. The Balaban J connectivity index is 1.56. The Bertz CT molecular complexity index is 1090. The molecule has 0 saturated carbocycles. The van der Waals surface area contributed by atoms with Gasteiger partial charge in [0.05, 0.1) is 23.3 Å². The third kappa shape index (κ3) is 3.60. The number of hydrogen-bond donors (Lipinski definition) is 0. The molecule has 0 radical (unpaired) electrons. The van der Waals surface area contributed by atoms with E-state index in [1.165, 1.54) is 0 Å². The standard InChI is InChI=1S/C23H23N3O2/c1-17(14-18-8-3-2-4-9-18)22(27)25-13-7-10-19(15-25)26-16-24-21-12-6-5-11-20(21)23(26)28/h2-6,8-9,11-12,14,16,19H,7,10,13,15H2,1H3/b17-14-/t19-/m0/s1. The van der Waals surface area contributed by atoms with Gasteiger partial charge in [0.2, 0.25) is 5.91 Å². The number of hydrogen-bond acceptors (Lipinski definition) is 3. The van der Waals surface area contributed by atoms with Crippen molar-refractivity contribution in [2.24, 2.45) is 0 Å². The molecule has 142 valence electrons. The van der Waals surface area contributed by atoms with Crippen molar-refractivity contribution < 1.29 is 4.79 Å². The zero-order valence-electron chi connectivity index (χ0n) is 15.9. The van der Waals surface area contributed by atoms with E-state index in [-0.39, 0.29) is 17.5 Å². The molecule has 0 aliphatic carbocycles. The number of carbonyl (C=O) groups excluding carboxylic acids is 1. The maximum atomic E-state index is 12.9. The number of para-hydroxylation sites is 1. The van der Waals surface area contributed by atoms with Gasteiger partial charge in [-0.1, -0.05) is 42.5 Å². The molecule has 5 nitrogen and oxygen atoms in total. The van der Waals surface area contributed by atoms with Crippen LogP contribution in [0, 0.1) is 0 Å². The van der Waals surface area contributed by atoms with E-state index in [2.05, 4.69) is 4.98 Å². The van der Waals surface area contributed by atoms with Gasteiger partial charge in [-0.2, -0.15) is 0 Å². The summed E-state index contributed by atoms with van der Waals surface area (Å²) < 4.78 is 1.69. The van der Waals surface area contributed by atoms with Crippen LogP contribution in [0.4, 0.5) is 0 Å². The van der Waals surface area contributed by atoms with E-state index in [0.29, 0.717) is 29.6 Å². The summed E-state index contributed by atoms with van der Waals surface area (Å²) in [6.07, 6.45) is 5.27. The molecule has 1 amide bonds. The second kappa shape index (κ2) is 7.80. The SMILES string of the molecule is C/C(=C/c1ccccc1)C(=O)N1CCC[C@H](n2cnc3ccccc3c2=O)C1. The fourth-order valence-electron chi connectivity index (χ4n) is 3.82. The van der Waals surface area contributed by atoms with E-state index < -0.39 is 0 Å². The summed E-state index contributed by atoms with van der Waals surface area (Å²) in [6, 6.07) is 17.2. The number of likely N-dealkylation sites (tertiary alicyclic amines) is 1. The van der Waals surface area contributed by atoms with Crippen LogP contribution < -0.4 is 5.56 Å². The first-order chi connectivity index (χ1) is 13.6. The third-order valence-electron chi connectivity index (χ3n) is 5.29. The lowest BCUT2D eigenvalue weighted by molar-refractivity contribution is -0.128. The summed E-state index contributed by atoms with van der Waals surface area (Å²) in [5.41, 5.74) is 2.38. The molecule has 5 heteroatoms. The zero-order chi connectivity index (χ0) is 19.5. The highest BCUT2D eigenvalue weighted by Gasteiger charge is 2.26. The molecule has 0 N–H and O–H groups in total. The number of nitrogens with zero attached hydrogens (tertiary/aromatic N) is 3. The number of fused-ring (bicyclic) bond motifs is 1. The van der Waals surface area contributed by atoms with Crippen LogP contribution in [0.5, 0.6) is 0 Å². The molecule has 3 aromatic rings. The zero-order valence-corrected chi connectivity index (χ0v) is 15.9. The van der Waals surface area contributed by atoms with E-state index in [1.807, 2.05) is 66.4 Å². The second-order valence-corrected chi connectivity index (χ2v) is 7.26. The van der Waals surface area contributed by atoms with Crippen LogP contribution in [0.3, 0.4) is 0 Å². The third-order valence-corrected chi connectivity index (χ3v) is 5.29. The lowest BCUT2D eigenvalue weighted by Gasteiger charge is -2.33. The molecule has 0 spiro atoms. The predicted octanol–water partition coefficient (Wildman–Crippen LogP) is 3.66. The molecule has 2 heterocycles. The highest BCUT2D eigenvalue weighted by molar-refractivity contribution is 5.97. The van der Waals surface area contributed by atoms with Crippen molar-refractivity contribution in [3.8, 4) is 0 Å². The first-order valence-corrected chi connectivity index (χ1v) is 9.62. The van der Waals surface area contributed by atoms with Gasteiger partial charge in [0.25, 0.3) is 5.56 Å². The smallest absolute Gasteiger partial charge is 0.261 e. The first-order valence-electron chi connectivity index (χ1n) is 9.62. The van der Waals surface area contributed by atoms with Crippen molar-refractivity contribution in [1.29, 1.82) is 0 Å². The summed E-state index contributed by atoms with van der Waals surface area (Å²) >= 11 is 0. The van der Waals surface area contributed by atoms with Crippen molar-refractivity contribution in [1.82, 2.24) is 14.5 Å². The fourth-order valence-corrected chi connectivity index (χ4v) is 3.82. The van der Waals surface area contributed by atoms with Crippen molar-refractivity contribution in [2.75, 3.05) is 13.1 Å². The van der Waals surface area contributed by atoms with Gasteiger partial charge in [-0.05, 0) is 43.5 Å². The fraction of sp³-hybridized carbons (Fsp3) is 0.261. The lowest BCUT2D eigenvalue weighted by atomic mass is 10.0. The Morgan fingerprint density at radius 1 is 1.11 bits per heavy atom. The Kier molecular flexibility index (Phi) is 5.06. The van der Waals surface area contributed by atoms with Gasteiger partial charge in [-0.15, -0.1) is 0 Å². The quantitative estimate of drug-likeness (QED) is 0.659.